The predicted octanol–water partition coefficient (Wildman–Crippen LogP) is 2.09. The van der Waals surface area contributed by atoms with Gasteiger partial charge in [-0.05, 0) is 30.9 Å². The van der Waals surface area contributed by atoms with Gasteiger partial charge in [0.1, 0.15) is 5.82 Å². The Labute approximate surface area is 122 Å². The fourth-order valence-corrected chi connectivity index (χ4v) is 3.73. The third-order valence-corrected chi connectivity index (χ3v) is 4.71. The molecule has 2 atom stereocenters. The van der Waals surface area contributed by atoms with Gasteiger partial charge in [-0.3, -0.25) is 14.5 Å². The lowest BCUT2D eigenvalue weighted by Gasteiger charge is -2.15. The van der Waals surface area contributed by atoms with Crippen molar-refractivity contribution >= 4 is 22.8 Å². The Morgan fingerprint density at radius 3 is 2.52 bits per heavy atom. The van der Waals surface area contributed by atoms with Crippen LogP contribution in [0.3, 0.4) is 0 Å². The number of rotatable bonds is 2. The smallest absolute Gasteiger partial charge is 0.233 e. The number of nitrogens with zero attached hydrogens (tertiary/aromatic N) is 2. The second-order valence-corrected chi connectivity index (χ2v) is 6.25. The average molecular weight is 283 g/mol. The Hall–Kier alpha value is -2.17. The zero-order chi connectivity index (χ0) is 14.6. The first-order valence-electron chi connectivity index (χ1n) is 7.42. The molecule has 108 valence electrons. The summed E-state index contributed by atoms with van der Waals surface area (Å²) in [5.41, 5.74) is 1.79. The van der Waals surface area contributed by atoms with E-state index in [4.69, 9.17) is 0 Å². The summed E-state index contributed by atoms with van der Waals surface area (Å²) in [6.07, 6.45) is 1.68. The van der Waals surface area contributed by atoms with Crippen molar-refractivity contribution in [1.82, 2.24) is 14.9 Å². The van der Waals surface area contributed by atoms with E-state index >= 15 is 0 Å². The van der Waals surface area contributed by atoms with Gasteiger partial charge in [-0.25, -0.2) is 4.98 Å². The third-order valence-electron chi connectivity index (χ3n) is 4.71. The van der Waals surface area contributed by atoms with Crippen LogP contribution in [0.2, 0.25) is 0 Å². The summed E-state index contributed by atoms with van der Waals surface area (Å²) in [6, 6.07) is 7.71. The molecule has 0 spiro atoms. The highest BCUT2D eigenvalue weighted by atomic mass is 16.2. The van der Waals surface area contributed by atoms with Crippen LogP contribution < -0.4 is 0 Å². The van der Waals surface area contributed by atoms with Crippen LogP contribution in [0.1, 0.15) is 25.6 Å². The highest BCUT2D eigenvalue weighted by Crippen LogP contribution is 2.43. The van der Waals surface area contributed by atoms with Crippen molar-refractivity contribution in [2.24, 2.45) is 17.8 Å². The van der Waals surface area contributed by atoms with Crippen molar-refractivity contribution < 1.29 is 9.59 Å². The van der Waals surface area contributed by atoms with E-state index < -0.39 is 0 Å². The van der Waals surface area contributed by atoms with Crippen LogP contribution in [0.25, 0.3) is 11.0 Å². The van der Waals surface area contributed by atoms with Crippen LogP contribution in [-0.2, 0) is 16.1 Å². The molecule has 5 heteroatoms. The normalized spacial score (nSPS) is 28.6. The summed E-state index contributed by atoms with van der Waals surface area (Å²) in [6.45, 7) is 2.37. The van der Waals surface area contributed by atoms with E-state index in [-0.39, 0.29) is 30.2 Å². The van der Waals surface area contributed by atoms with Crippen LogP contribution >= 0.6 is 0 Å². The lowest BCUT2D eigenvalue weighted by atomic mass is 10.00. The van der Waals surface area contributed by atoms with Crippen LogP contribution in [0.5, 0.6) is 0 Å². The largest absolute Gasteiger partial charge is 0.340 e. The highest BCUT2D eigenvalue weighted by Gasteiger charge is 2.51. The molecule has 2 amide bonds. The van der Waals surface area contributed by atoms with Gasteiger partial charge in [0.25, 0.3) is 0 Å². The maximum atomic E-state index is 12.4. The second kappa shape index (κ2) is 4.41. The first-order valence-corrected chi connectivity index (χ1v) is 7.42. The Kier molecular flexibility index (Phi) is 2.64. The molecule has 0 radical (unpaired) electrons. The van der Waals surface area contributed by atoms with Crippen molar-refractivity contribution in [2.75, 3.05) is 0 Å². The topological polar surface area (TPSA) is 66.1 Å². The lowest BCUT2D eigenvalue weighted by molar-refractivity contribution is -0.141. The number of nitrogens with one attached hydrogen (secondary N) is 1. The monoisotopic (exact) mass is 283 g/mol. The average Bonchev–Trinajstić information content (AvgIpc) is 3.10. The number of likely N-dealkylation sites (tertiary alicyclic amines) is 1. The van der Waals surface area contributed by atoms with Gasteiger partial charge in [-0.2, -0.15) is 0 Å². The molecular formula is C16H17N3O2. The summed E-state index contributed by atoms with van der Waals surface area (Å²) in [4.78, 5) is 33.9. The minimum atomic E-state index is -0.100. The van der Waals surface area contributed by atoms with Crippen molar-refractivity contribution in [2.45, 2.75) is 26.3 Å². The zero-order valence-corrected chi connectivity index (χ0v) is 11.9. The third kappa shape index (κ3) is 1.87. The molecule has 21 heavy (non-hydrogen) atoms. The standard InChI is InChI=1S/C16H17N3O2/c1-9-6-10-11(7-9)16(21)19(15(10)20)8-14-17-12-4-2-3-5-13(12)18-14/h2-5,9-11H,6-8H2,1H3,(H,17,18). The van der Waals surface area contributed by atoms with E-state index in [1.54, 1.807) is 0 Å². The minimum absolute atomic E-state index is 0.0187. The van der Waals surface area contributed by atoms with Gasteiger partial charge in [0.05, 0.1) is 29.4 Å². The summed E-state index contributed by atoms with van der Waals surface area (Å²) in [5.74, 6) is 0.908. The molecule has 1 saturated heterocycles. The van der Waals surface area contributed by atoms with Gasteiger partial charge >= 0.3 is 0 Å². The summed E-state index contributed by atoms with van der Waals surface area (Å²) in [7, 11) is 0. The molecule has 2 aliphatic rings. The number of aromatic amines is 1. The van der Waals surface area contributed by atoms with Gasteiger partial charge in [-0.15, -0.1) is 0 Å². The number of carbonyl (C=O) groups is 2. The molecule has 1 aliphatic heterocycles. The van der Waals surface area contributed by atoms with Gasteiger partial charge in [-0.1, -0.05) is 19.1 Å². The number of imidazole rings is 1. The van der Waals surface area contributed by atoms with E-state index in [9.17, 15) is 9.59 Å². The number of hydrogen-bond donors (Lipinski definition) is 1. The van der Waals surface area contributed by atoms with E-state index in [2.05, 4.69) is 16.9 Å². The van der Waals surface area contributed by atoms with Crippen LogP contribution in [0.15, 0.2) is 24.3 Å². The second-order valence-electron chi connectivity index (χ2n) is 6.25. The lowest BCUT2D eigenvalue weighted by Crippen LogP contribution is -2.32. The Morgan fingerprint density at radius 1 is 1.19 bits per heavy atom. The fraction of sp³-hybridized carbons (Fsp3) is 0.438. The molecule has 4 rings (SSSR count). The maximum absolute atomic E-state index is 12.4. The number of carbonyl (C=O) groups excluding carboxylic acids is 2. The first-order chi connectivity index (χ1) is 10.1. The molecule has 2 fully saturated rings. The molecule has 1 N–H and O–H groups in total. The van der Waals surface area contributed by atoms with Gasteiger partial charge in [0.15, 0.2) is 0 Å². The van der Waals surface area contributed by atoms with Crippen molar-refractivity contribution in [3.05, 3.63) is 30.1 Å². The van der Waals surface area contributed by atoms with E-state index in [0.717, 1.165) is 23.9 Å². The van der Waals surface area contributed by atoms with Gasteiger partial charge in [0, 0.05) is 0 Å². The molecule has 0 bridgehead atoms. The molecule has 2 aromatic rings. The van der Waals surface area contributed by atoms with Crippen molar-refractivity contribution in [3.63, 3.8) is 0 Å². The van der Waals surface area contributed by atoms with E-state index in [0.29, 0.717) is 11.7 Å². The van der Waals surface area contributed by atoms with Gasteiger partial charge in [0.2, 0.25) is 11.8 Å². The molecule has 1 aromatic heterocycles. The van der Waals surface area contributed by atoms with E-state index in [1.807, 2.05) is 24.3 Å². The van der Waals surface area contributed by atoms with Crippen LogP contribution in [0.4, 0.5) is 0 Å². The minimum Gasteiger partial charge on any atom is -0.340 e. The number of para-hydroxylation sites is 2. The maximum Gasteiger partial charge on any atom is 0.233 e. The first kappa shape index (κ1) is 12.6. The molecule has 5 nitrogen and oxygen atoms in total. The Bertz CT molecular complexity index is 679. The van der Waals surface area contributed by atoms with Crippen LogP contribution in [0, 0.1) is 17.8 Å². The zero-order valence-electron chi connectivity index (χ0n) is 11.9. The molecule has 1 aliphatic carbocycles. The summed E-state index contributed by atoms with van der Waals surface area (Å²) in [5, 5.41) is 0. The Balaban J connectivity index is 1.60. The highest BCUT2D eigenvalue weighted by molar-refractivity contribution is 6.05. The number of aromatic nitrogens is 2. The van der Waals surface area contributed by atoms with Crippen LogP contribution in [-0.4, -0.2) is 26.7 Å². The summed E-state index contributed by atoms with van der Waals surface area (Å²) < 4.78 is 0. The molecular weight excluding hydrogens is 266 g/mol. The molecule has 2 heterocycles. The quantitative estimate of drug-likeness (QED) is 0.858. The number of benzene rings is 1. The number of hydrogen-bond acceptors (Lipinski definition) is 3. The van der Waals surface area contributed by atoms with E-state index in [1.165, 1.54) is 4.90 Å². The van der Waals surface area contributed by atoms with Crippen molar-refractivity contribution in [3.8, 4) is 0 Å². The number of H-pyrrole nitrogens is 1. The fourth-order valence-electron chi connectivity index (χ4n) is 3.73. The van der Waals surface area contributed by atoms with Crippen molar-refractivity contribution in [1.29, 1.82) is 0 Å². The number of imide groups is 1. The molecule has 1 aromatic carbocycles. The predicted molar refractivity (Wildman–Crippen MR) is 77.0 cm³/mol. The number of fused-ring (bicyclic) bond motifs is 2. The number of amides is 2. The SMILES string of the molecule is CC1CC2C(=O)N(Cc3nc4ccccc4[nH]3)C(=O)C2C1. The molecule has 1 saturated carbocycles. The Morgan fingerprint density at radius 2 is 1.86 bits per heavy atom. The van der Waals surface area contributed by atoms with Gasteiger partial charge < -0.3 is 4.98 Å². The molecule has 2 unspecified atom stereocenters. The summed E-state index contributed by atoms with van der Waals surface area (Å²) >= 11 is 0.